The fourth-order valence-electron chi connectivity index (χ4n) is 1.87. The molecule has 0 unspecified atom stereocenters. The zero-order valence-corrected chi connectivity index (χ0v) is 13.3. The van der Waals surface area contributed by atoms with Gasteiger partial charge in [-0.3, -0.25) is 4.40 Å². The minimum atomic E-state index is -0.503. The standard InChI is InChI=1S/C12H7BrClFN2O2S/c1-2-19-11(18)8-10(13)17-6-4-3-5(15)7(14)9(6)20-12(17)16-8/h3-4H,2H2,1H3. The molecule has 0 radical (unpaired) electrons. The quantitative estimate of drug-likeness (QED) is 0.626. The largest absolute Gasteiger partial charge is 0.461 e. The van der Waals surface area contributed by atoms with E-state index in [2.05, 4.69) is 20.9 Å². The molecule has 0 spiro atoms. The molecule has 0 atom stereocenters. The van der Waals surface area contributed by atoms with Crippen molar-refractivity contribution in [1.29, 1.82) is 0 Å². The molecule has 8 heteroatoms. The summed E-state index contributed by atoms with van der Waals surface area (Å²) in [5.74, 6) is -0.984. The number of aromatic nitrogens is 2. The maximum atomic E-state index is 13.5. The highest BCUT2D eigenvalue weighted by molar-refractivity contribution is 9.10. The molecule has 0 bridgehead atoms. The van der Waals surface area contributed by atoms with Crippen molar-refractivity contribution < 1.29 is 13.9 Å². The van der Waals surface area contributed by atoms with Crippen molar-refractivity contribution in [2.75, 3.05) is 6.61 Å². The summed E-state index contributed by atoms with van der Waals surface area (Å²) in [4.78, 5) is 16.5. The van der Waals surface area contributed by atoms with Crippen LogP contribution in [0.2, 0.25) is 5.02 Å². The molecule has 104 valence electrons. The number of esters is 1. The lowest BCUT2D eigenvalue weighted by Crippen LogP contribution is -2.05. The first-order valence-corrected chi connectivity index (χ1v) is 7.65. The van der Waals surface area contributed by atoms with Gasteiger partial charge in [0.05, 0.1) is 21.8 Å². The molecule has 0 saturated carbocycles. The zero-order valence-electron chi connectivity index (χ0n) is 10.1. The van der Waals surface area contributed by atoms with Crippen LogP contribution in [0, 0.1) is 5.82 Å². The Hall–Kier alpha value is -1.18. The Morgan fingerprint density at radius 3 is 3.05 bits per heavy atom. The Morgan fingerprint density at radius 1 is 1.60 bits per heavy atom. The molecule has 0 saturated heterocycles. The summed E-state index contributed by atoms with van der Waals surface area (Å²) in [6.45, 7) is 2.00. The van der Waals surface area contributed by atoms with Crippen LogP contribution in [0.5, 0.6) is 0 Å². The highest BCUT2D eigenvalue weighted by Crippen LogP contribution is 2.36. The van der Waals surface area contributed by atoms with Crippen LogP contribution in [0.25, 0.3) is 15.2 Å². The van der Waals surface area contributed by atoms with E-state index in [0.29, 0.717) is 19.8 Å². The van der Waals surface area contributed by atoms with Gasteiger partial charge >= 0.3 is 5.97 Å². The molecule has 0 aliphatic carbocycles. The fourth-order valence-corrected chi connectivity index (χ4v) is 3.93. The van der Waals surface area contributed by atoms with Gasteiger partial charge in [-0.1, -0.05) is 22.9 Å². The summed E-state index contributed by atoms with van der Waals surface area (Å²) in [5.41, 5.74) is 0.881. The van der Waals surface area contributed by atoms with E-state index in [4.69, 9.17) is 16.3 Å². The Labute approximate surface area is 130 Å². The summed E-state index contributed by atoms with van der Waals surface area (Å²) in [6.07, 6.45) is 0. The first kappa shape index (κ1) is 13.8. The molecule has 1 aromatic carbocycles. The smallest absolute Gasteiger partial charge is 0.359 e. The monoisotopic (exact) mass is 376 g/mol. The first-order chi connectivity index (χ1) is 9.54. The van der Waals surface area contributed by atoms with Gasteiger partial charge in [-0.25, -0.2) is 14.2 Å². The van der Waals surface area contributed by atoms with Crippen molar-refractivity contribution in [2.45, 2.75) is 6.92 Å². The Kier molecular flexibility index (Phi) is 3.43. The van der Waals surface area contributed by atoms with Crippen molar-refractivity contribution in [3.8, 4) is 0 Å². The second-order valence-corrected chi connectivity index (χ2v) is 6.01. The molecular weight excluding hydrogens is 371 g/mol. The third-order valence-electron chi connectivity index (χ3n) is 2.72. The third kappa shape index (κ3) is 1.92. The molecule has 3 rings (SSSR count). The van der Waals surface area contributed by atoms with Gasteiger partial charge in [0.25, 0.3) is 0 Å². The number of rotatable bonds is 2. The molecule has 2 aromatic heterocycles. The lowest BCUT2D eigenvalue weighted by Gasteiger charge is -1.99. The van der Waals surface area contributed by atoms with Gasteiger partial charge in [0.1, 0.15) is 10.4 Å². The van der Waals surface area contributed by atoms with Crippen LogP contribution in [0.3, 0.4) is 0 Å². The van der Waals surface area contributed by atoms with Gasteiger partial charge in [0, 0.05) is 0 Å². The predicted octanol–water partition coefficient (Wildman–Crippen LogP) is 4.28. The number of carbonyl (C=O) groups is 1. The molecule has 0 aliphatic heterocycles. The van der Waals surface area contributed by atoms with Crippen molar-refractivity contribution in [1.82, 2.24) is 9.38 Å². The Balaban J connectivity index is 2.30. The molecule has 4 nitrogen and oxygen atoms in total. The fraction of sp³-hybridized carbons (Fsp3) is 0.167. The highest BCUT2D eigenvalue weighted by Gasteiger charge is 2.22. The van der Waals surface area contributed by atoms with Crippen LogP contribution in [-0.2, 0) is 4.74 Å². The van der Waals surface area contributed by atoms with E-state index in [9.17, 15) is 9.18 Å². The molecular formula is C12H7BrClFN2O2S. The lowest BCUT2D eigenvalue weighted by molar-refractivity contribution is 0.0519. The summed E-state index contributed by atoms with van der Waals surface area (Å²) >= 11 is 10.5. The van der Waals surface area contributed by atoms with Crippen LogP contribution in [0.1, 0.15) is 17.4 Å². The average molecular weight is 378 g/mol. The normalized spacial score (nSPS) is 11.4. The number of hydrogen-bond donors (Lipinski definition) is 0. The highest BCUT2D eigenvalue weighted by atomic mass is 79.9. The number of carbonyl (C=O) groups excluding carboxylic acids is 1. The SMILES string of the molecule is CCOC(=O)c1nc2sc3c(Cl)c(F)ccc3n2c1Br. The minimum Gasteiger partial charge on any atom is -0.461 e. The number of nitrogens with zero attached hydrogens (tertiary/aromatic N) is 2. The second-order valence-electron chi connectivity index (χ2n) is 3.90. The lowest BCUT2D eigenvalue weighted by atomic mass is 10.3. The van der Waals surface area contributed by atoms with E-state index >= 15 is 0 Å². The third-order valence-corrected chi connectivity index (χ3v) is 5.01. The van der Waals surface area contributed by atoms with Gasteiger partial charge < -0.3 is 4.74 Å². The molecule has 0 N–H and O–H groups in total. The Morgan fingerprint density at radius 2 is 2.35 bits per heavy atom. The van der Waals surface area contributed by atoms with Crippen LogP contribution in [0.4, 0.5) is 4.39 Å². The average Bonchev–Trinajstić information content (AvgIpc) is 2.92. The van der Waals surface area contributed by atoms with Gasteiger partial charge in [0.2, 0.25) is 0 Å². The second kappa shape index (κ2) is 4.98. The van der Waals surface area contributed by atoms with E-state index in [1.807, 2.05) is 0 Å². The number of benzene rings is 1. The van der Waals surface area contributed by atoms with Crippen molar-refractivity contribution in [3.63, 3.8) is 0 Å². The summed E-state index contributed by atoms with van der Waals surface area (Å²) in [5, 5.41) is 0.0579. The number of fused-ring (bicyclic) bond motifs is 3. The van der Waals surface area contributed by atoms with Gasteiger partial charge in [-0.05, 0) is 35.0 Å². The molecule has 0 amide bonds. The molecule has 0 fully saturated rings. The predicted molar refractivity (Wildman–Crippen MR) is 79.2 cm³/mol. The topological polar surface area (TPSA) is 43.6 Å². The van der Waals surface area contributed by atoms with E-state index in [1.54, 1.807) is 17.4 Å². The number of thiazole rings is 1. The van der Waals surface area contributed by atoms with Gasteiger partial charge in [-0.2, -0.15) is 0 Å². The molecule has 3 aromatic rings. The van der Waals surface area contributed by atoms with Crippen molar-refractivity contribution in [2.24, 2.45) is 0 Å². The first-order valence-electron chi connectivity index (χ1n) is 5.66. The van der Waals surface area contributed by atoms with Crippen LogP contribution in [0.15, 0.2) is 16.7 Å². The van der Waals surface area contributed by atoms with E-state index in [1.165, 1.54) is 17.4 Å². The van der Waals surface area contributed by atoms with Gasteiger partial charge in [0.15, 0.2) is 10.7 Å². The molecule has 2 heterocycles. The van der Waals surface area contributed by atoms with Crippen LogP contribution < -0.4 is 0 Å². The van der Waals surface area contributed by atoms with Crippen molar-refractivity contribution >= 4 is 60.0 Å². The summed E-state index contributed by atoms with van der Waals surface area (Å²) < 4.78 is 21.2. The maximum Gasteiger partial charge on any atom is 0.359 e. The number of hydrogen-bond acceptors (Lipinski definition) is 4. The minimum absolute atomic E-state index is 0.0579. The zero-order chi connectivity index (χ0) is 14.4. The maximum absolute atomic E-state index is 13.5. The van der Waals surface area contributed by atoms with E-state index < -0.39 is 11.8 Å². The summed E-state index contributed by atoms with van der Waals surface area (Å²) in [7, 11) is 0. The molecule has 0 aliphatic rings. The van der Waals surface area contributed by atoms with E-state index in [-0.39, 0.29) is 17.3 Å². The van der Waals surface area contributed by atoms with Crippen LogP contribution in [-0.4, -0.2) is 22.0 Å². The number of ether oxygens (including phenoxy) is 1. The number of halogens is 3. The summed E-state index contributed by atoms with van der Waals surface area (Å²) in [6, 6.07) is 2.88. The van der Waals surface area contributed by atoms with Crippen molar-refractivity contribution in [3.05, 3.63) is 33.3 Å². The number of imidazole rings is 1. The van der Waals surface area contributed by atoms with Gasteiger partial charge in [-0.15, -0.1) is 0 Å². The van der Waals surface area contributed by atoms with Crippen LogP contribution >= 0.6 is 38.9 Å². The molecule has 20 heavy (non-hydrogen) atoms. The Bertz CT molecular complexity index is 845. The van der Waals surface area contributed by atoms with E-state index in [0.717, 1.165) is 0 Å².